The maximum Gasteiger partial charge on any atom is 0.349 e. The lowest BCUT2D eigenvalue weighted by molar-refractivity contribution is 0.0602. The van der Waals surface area contributed by atoms with E-state index in [1.807, 2.05) is 18.2 Å². The molecule has 6 nitrogen and oxygen atoms in total. The fraction of sp³-hybridized carbons (Fsp3) is 0.312. The average Bonchev–Trinajstić information content (AvgIpc) is 3.12. The van der Waals surface area contributed by atoms with Crippen LogP contribution in [0.5, 0.6) is 0 Å². The number of halogens is 1. The average molecular weight is 401 g/mol. The molecule has 0 atom stereocenters. The van der Waals surface area contributed by atoms with Gasteiger partial charge >= 0.3 is 5.97 Å². The Morgan fingerprint density at radius 3 is 2.56 bits per heavy atom. The predicted molar refractivity (Wildman–Crippen MR) is 98.1 cm³/mol. The zero-order valence-electron chi connectivity index (χ0n) is 13.5. The van der Waals surface area contributed by atoms with Gasteiger partial charge in [0.25, 0.3) is 0 Å². The third-order valence-electron chi connectivity index (χ3n) is 4.03. The normalized spacial score (nSPS) is 16.0. The summed E-state index contributed by atoms with van der Waals surface area (Å²) in [5.41, 5.74) is 0.968. The van der Waals surface area contributed by atoms with Crippen molar-refractivity contribution in [3.05, 3.63) is 45.6 Å². The van der Waals surface area contributed by atoms with E-state index in [1.165, 1.54) is 17.5 Å². The molecule has 0 radical (unpaired) electrons. The molecule has 0 saturated carbocycles. The van der Waals surface area contributed by atoms with Crippen LogP contribution in [0.1, 0.15) is 9.67 Å². The second-order valence-electron chi connectivity index (χ2n) is 5.48. The van der Waals surface area contributed by atoms with Gasteiger partial charge in [0.1, 0.15) is 9.77 Å². The number of hydrogen-bond acceptors (Lipinski definition) is 6. The number of sulfonamides is 1. The highest BCUT2D eigenvalue weighted by Crippen LogP contribution is 2.28. The summed E-state index contributed by atoms with van der Waals surface area (Å²) in [5, 5.41) is 2.23. The molecule has 9 heteroatoms. The Hall–Kier alpha value is -1.61. The molecule has 0 unspecified atom stereocenters. The number of rotatable bonds is 4. The van der Waals surface area contributed by atoms with Crippen LogP contribution in [0.4, 0.5) is 5.69 Å². The van der Waals surface area contributed by atoms with Crippen LogP contribution in [-0.4, -0.2) is 52.0 Å². The fourth-order valence-corrected chi connectivity index (χ4v) is 5.66. The van der Waals surface area contributed by atoms with Gasteiger partial charge in [-0.2, -0.15) is 4.31 Å². The third kappa shape index (κ3) is 3.67. The van der Waals surface area contributed by atoms with Crippen LogP contribution in [0.15, 0.2) is 40.6 Å². The van der Waals surface area contributed by atoms with Gasteiger partial charge in [0, 0.05) is 36.9 Å². The van der Waals surface area contributed by atoms with Crippen molar-refractivity contribution in [3.63, 3.8) is 0 Å². The molecule has 1 saturated heterocycles. The number of ether oxygens (including phenoxy) is 1. The lowest BCUT2D eigenvalue weighted by atomic mass is 10.2. The van der Waals surface area contributed by atoms with Crippen molar-refractivity contribution >= 4 is 44.6 Å². The molecule has 1 aliphatic heterocycles. The molecule has 0 N–H and O–H groups in total. The van der Waals surface area contributed by atoms with Crippen molar-refractivity contribution in [1.82, 2.24) is 4.31 Å². The minimum atomic E-state index is -3.73. The molecule has 25 heavy (non-hydrogen) atoms. The van der Waals surface area contributed by atoms with Crippen LogP contribution in [-0.2, 0) is 14.8 Å². The molecule has 3 rings (SSSR count). The summed E-state index contributed by atoms with van der Waals surface area (Å²) in [4.78, 5) is 14.0. The highest BCUT2D eigenvalue weighted by atomic mass is 35.5. The van der Waals surface area contributed by atoms with Gasteiger partial charge in [-0.25, -0.2) is 13.2 Å². The fourth-order valence-electron chi connectivity index (χ4n) is 2.74. The van der Waals surface area contributed by atoms with Gasteiger partial charge in [-0.3, -0.25) is 0 Å². The smallest absolute Gasteiger partial charge is 0.349 e. The SMILES string of the molecule is COC(=O)c1sccc1S(=O)(=O)N1CCN(c2cccc(Cl)c2)CC1. The van der Waals surface area contributed by atoms with Crippen molar-refractivity contribution < 1.29 is 17.9 Å². The maximum absolute atomic E-state index is 12.9. The van der Waals surface area contributed by atoms with Crippen LogP contribution in [0.3, 0.4) is 0 Å². The Morgan fingerprint density at radius 2 is 1.92 bits per heavy atom. The van der Waals surface area contributed by atoms with Crippen LogP contribution in [0, 0.1) is 0 Å². The topological polar surface area (TPSA) is 66.9 Å². The first kappa shape index (κ1) is 18.2. The molecular weight excluding hydrogens is 384 g/mol. The highest BCUT2D eigenvalue weighted by molar-refractivity contribution is 7.89. The van der Waals surface area contributed by atoms with E-state index in [-0.39, 0.29) is 9.77 Å². The number of carbonyl (C=O) groups is 1. The van der Waals surface area contributed by atoms with Crippen molar-refractivity contribution in [2.24, 2.45) is 0 Å². The number of carbonyl (C=O) groups excluding carboxylic acids is 1. The Labute approximate surface area is 155 Å². The molecule has 0 amide bonds. The summed E-state index contributed by atoms with van der Waals surface area (Å²) in [6.07, 6.45) is 0. The number of benzene rings is 1. The first-order valence-corrected chi connectivity index (χ1v) is 10.3. The summed E-state index contributed by atoms with van der Waals surface area (Å²) >= 11 is 7.08. The van der Waals surface area contributed by atoms with Crippen LogP contribution < -0.4 is 4.90 Å². The monoisotopic (exact) mass is 400 g/mol. The van der Waals surface area contributed by atoms with E-state index < -0.39 is 16.0 Å². The Bertz CT molecular complexity index is 874. The number of anilines is 1. The number of methoxy groups -OCH3 is 1. The molecule has 2 heterocycles. The van der Waals surface area contributed by atoms with E-state index in [4.69, 9.17) is 11.6 Å². The predicted octanol–water partition coefficient (Wildman–Crippen LogP) is 2.70. The summed E-state index contributed by atoms with van der Waals surface area (Å²) in [6, 6.07) is 8.94. The number of piperazine rings is 1. The molecule has 0 spiro atoms. The molecule has 0 bridgehead atoms. The zero-order valence-corrected chi connectivity index (χ0v) is 15.9. The molecule has 1 fully saturated rings. The van der Waals surface area contributed by atoms with Crippen LogP contribution >= 0.6 is 22.9 Å². The van der Waals surface area contributed by atoms with E-state index in [1.54, 1.807) is 11.4 Å². The van der Waals surface area contributed by atoms with Gasteiger partial charge in [0.2, 0.25) is 10.0 Å². The first-order valence-electron chi connectivity index (χ1n) is 7.60. The van der Waals surface area contributed by atoms with E-state index in [9.17, 15) is 13.2 Å². The third-order valence-corrected chi connectivity index (χ3v) is 7.23. The Balaban J connectivity index is 1.76. The quantitative estimate of drug-likeness (QED) is 0.738. The van der Waals surface area contributed by atoms with Gasteiger partial charge in [-0.1, -0.05) is 17.7 Å². The molecular formula is C16H17ClN2O4S2. The first-order chi connectivity index (χ1) is 11.9. The van der Waals surface area contributed by atoms with E-state index in [2.05, 4.69) is 9.64 Å². The molecule has 134 valence electrons. The van der Waals surface area contributed by atoms with Gasteiger partial charge < -0.3 is 9.64 Å². The number of thiophene rings is 1. The number of esters is 1. The molecule has 0 aliphatic carbocycles. The van der Waals surface area contributed by atoms with Crippen LogP contribution in [0.2, 0.25) is 5.02 Å². The van der Waals surface area contributed by atoms with Crippen molar-refractivity contribution in [2.75, 3.05) is 38.2 Å². The Morgan fingerprint density at radius 1 is 1.20 bits per heavy atom. The number of nitrogens with zero attached hydrogens (tertiary/aromatic N) is 2. The zero-order chi connectivity index (χ0) is 18.0. The minimum absolute atomic E-state index is 0.0144. The van der Waals surface area contributed by atoms with Gasteiger partial charge in [-0.05, 0) is 29.6 Å². The largest absolute Gasteiger partial charge is 0.465 e. The van der Waals surface area contributed by atoms with Crippen molar-refractivity contribution in [1.29, 1.82) is 0 Å². The van der Waals surface area contributed by atoms with E-state index >= 15 is 0 Å². The summed E-state index contributed by atoms with van der Waals surface area (Å²) < 4.78 is 31.8. The lowest BCUT2D eigenvalue weighted by Gasteiger charge is -2.35. The van der Waals surface area contributed by atoms with Crippen LogP contribution in [0.25, 0.3) is 0 Å². The highest BCUT2D eigenvalue weighted by Gasteiger charge is 2.32. The summed E-state index contributed by atoms with van der Waals surface area (Å²) in [7, 11) is -2.49. The number of hydrogen-bond donors (Lipinski definition) is 0. The molecule has 1 aliphatic rings. The van der Waals surface area contributed by atoms with Gasteiger partial charge in [-0.15, -0.1) is 11.3 Å². The second-order valence-corrected chi connectivity index (χ2v) is 8.74. The van der Waals surface area contributed by atoms with Crippen molar-refractivity contribution in [2.45, 2.75) is 4.90 Å². The van der Waals surface area contributed by atoms with Gasteiger partial charge in [0.05, 0.1) is 7.11 Å². The summed E-state index contributed by atoms with van der Waals surface area (Å²) in [5.74, 6) is -0.633. The summed E-state index contributed by atoms with van der Waals surface area (Å²) in [6.45, 7) is 1.78. The molecule has 1 aromatic carbocycles. The molecule has 1 aromatic heterocycles. The Kier molecular flexibility index (Phi) is 5.33. The minimum Gasteiger partial charge on any atom is -0.465 e. The second kappa shape index (κ2) is 7.33. The van der Waals surface area contributed by atoms with Gasteiger partial charge in [0.15, 0.2) is 0 Å². The lowest BCUT2D eigenvalue weighted by Crippen LogP contribution is -2.48. The van der Waals surface area contributed by atoms with E-state index in [0.717, 1.165) is 17.0 Å². The van der Waals surface area contributed by atoms with E-state index in [0.29, 0.717) is 31.2 Å². The maximum atomic E-state index is 12.9. The van der Waals surface area contributed by atoms with Crippen molar-refractivity contribution in [3.8, 4) is 0 Å². The molecule has 2 aromatic rings. The standard InChI is InChI=1S/C16H17ClN2O4S2/c1-23-16(20)15-14(5-10-24-15)25(21,22)19-8-6-18(7-9-19)13-4-2-3-12(17)11-13/h2-5,10-11H,6-9H2,1H3.